The quantitative estimate of drug-likeness (QED) is 0.167. The fourth-order valence-electron chi connectivity index (χ4n) is 8.63. The smallest absolute Gasteiger partial charge is 0.301 e. The van der Waals surface area contributed by atoms with Crippen molar-refractivity contribution in [2.75, 3.05) is 28.8 Å². The molecule has 250 valence electrons. The Hall–Kier alpha value is -5.92. The molecule has 49 heavy (non-hydrogen) atoms. The van der Waals surface area contributed by atoms with Crippen LogP contribution in [0.2, 0.25) is 0 Å². The number of amides is 4. The van der Waals surface area contributed by atoms with E-state index < -0.39 is 79.9 Å². The van der Waals surface area contributed by atoms with Crippen molar-refractivity contribution in [1.82, 2.24) is 0 Å². The zero-order chi connectivity index (χ0) is 35.1. The molecule has 3 fully saturated rings. The van der Waals surface area contributed by atoms with Crippen molar-refractivity contribution in [2.24, 2.45) is 29.1 Å². The molecule has 1 saturated carbocycles. The normalized spacial score (nSPS) is 27.4. The second kappa shape index (κ2) is 11.1. The molecule has 0 bridgehead atoms. The van der Waals surface area contributed by atoms with Gasteiger partial charge in [-0.25, -0.2) is 9.80 Å². The number of para-hydroxylation sites is 1. The number of phenolic OH excluding ortho intramolecular Hbond substituents is 1. The van der Waals surface area contributed by atoms with Crippen LogP contribution in [-0.2, 0) is 19.2 Å². The molecule has 3 aromatic carbocycles. The number of aromatic hydroxyl groups is 1. The number of nitro groups is 2. The summed E-state index contributed by atoms with van der Waals surface area (Å²) in [5.74, 6) is -6.49. The van der Waals surface area contributed by atoms with E-state index in [1.54, 1.807) is 49.4 Å². The highest BCUT2D eigenvalue weighted by atomic mass is 16.6. The van der Waals surface area contributed by atoms with Crippen molar-refractivity contribution in [3.05, 3.63) is 104 Å². The van der Waals surface area contributed by atoms with Crippen LogP contribution in [0.1, 0.15) is 31.2 Å². The summed E-state index contributed by atoms with van der Waals surface area (Å²) >= 11 is 0. The Labute approximate surface area is 279 Å². The fraction of sp³-hybridized carbons (Fsp3) is 0.314. The molecule has 4 aliphatic rings. The van der Waals surface area contributed by atoms with Gasteiger partial charge in [-0.1, -0.05) is 42.0 Å². The Balaban J connectivity index is 1.36. The second-order valence-corrected chi connectivity index (χ2v) is 13.3. The number of phenols is 1. The van der Waals surface area contributed by atoms with Gasteiger partial charge < -0.3 is 10.0 Å². The van der Waals surface area contributed by atoms with Crippen molar-refractivity contribution in [3.63, 3.8) is 0 Å². The van der Waals surface area contributed by atoms with E-state index in [0.717, 1.165) is 17.0 Å². The number of imide groups is 2. The maximum Gasteiger partial charge on any atom is 0.301 e. The number of nitro benzene ring substituents is 2. The van der Waals surface area contributed by atoms with E-state index in [2.05, 4.69) is 0 Å². The molecule has 6 atom stereocenters. The predicted molar refractivity (Wildman–Crippen MR) is 176 cm³/mol. The van der Waals surface area contributed by atoms with Gasteiger partial charge in [-0.05, 0) is 55.5 Å². The molecule has 6 unspecified atom stereocenters. The minimum absolute atomic E-state index is 0.0478. The maximum absolute atomic E-state index is 14.4. The van der Waals surface area contributed by atoms with Crippen LogP contribution in [0.15, 0.2) is 78.4 Å². The Kier molecular flexibility index (Phi) is 7.16. The molecular formula is C35H31N5O9. The van der Waals surface area contributed by atoms with Crippen molar-refractivity contribution in [3.8, 4) is 5.75 Å². The number of hydrogen-bond donors (Lipinski definition) is 1. The van der Waals surface area contributed by atoms with E-state index in [1.165, 1.54) is 36.0 Å². The number of hydrogen-bond acceptors (Lipinski definition) is 10. The third kappa shape index (κ3) is 4.46. The Morgan fingerprint density at radius 3 is 2.06 bits per heavy atom. The van der Waals surface area contributed by atoms with Crippen LogP contribution < -0.4 is 14.7 Å². The summed E-state index contributed by atoms with van der Waals surface area (Å²) in [4.78, 5) is 82.8. The first-order chi connectivity index (χ1) is 23.3. The molecule has 0 aromatic heterocycles. The summed E-state index contributed by atoms with van der Waals surface area (Å²) in [6.07, 6.45) is 2.00. The lowest BCUT2D eigenvalue weighted by Gasteiger charge is -2.49. The second-order valence-electron chi connectivity index (χ2n) is 13.3. The molecule has 0 radical (unpaired) electrons. The first kappa shape index (κ1) is 31.7. The number of allylic oxidation sites excluding steroid dienone is 2. The maximum atomic E-state index is 14.4. The average Bonchev–Trinajstić information content (AvgIpc) is 3.43. The van der Waals surface area contributed by atoms with Gasteiger partial charge in [0.15, 0.2) is 5.69 Å². The minimum atomic E-state index is -1.30. The summed E-state index contributed by atoms with van der Waals surface area (Å²) in [6, 6.07) is 16.9. The number of benzene rings is 3. The van der Waals surface area contributed by atoms with Gasteiger partial charge in [0.1, 0.15) is 5.75 Å². The molecule has 1 N–H and O–H groups in total. The zero-order valence-corrected chi connectivity index (χ0v) is 26.7. The topological polar surface area (TPSA) is 185 Å². The highest BCUT2D eigenvalue weighted by Crippen LogP contribution is 2.64. The molecule has 2 aliphatic carbocycles. The summed E-state index contributed by atoms with van der Waals surface area (Å²) in [5.41, 5.74) is -1.50. The van der Waals surface area contributed by atoms with E-state index in [-0.39, 0.29) is 30.0 Å². The van der Waals surface area contributed by atoms with E-state index in [0.29, 0.717) is 16.8 Å². The molecule has 2 aliphatic heterocycles. The first-order valence-corrected chi connectivity index (χ1v) is 15.7. The van der Waals surface area contributed by atoms with Gasteiger partial charge in [-0.3, -0.25) is 39.4 Å². The van der Waals surface area contributed by atoms with Crippen LogP contribution in [0.25, 0.3) is 0 Å². The van der Waals surface area contributed by atoms with Gasteiger partial charge in [-0.15, -0.1) is 0 Å². The Morgan fingerprint density at radius 1 is 0.816 bits per heavy atom. The number of fused-ring (bicyclic) bond motifs is 4. The number of anilines is 3. The van der Waals surface area contributed by atoms with Gasteiger partial charge in [0.05, 0.1) is 44.4 Å². The van der Waals surface area contributed by atoms with Gasteiger partial charge >= 0.3 is 11.4 Å². The van der Waals surface area contributed by atoms with E-state index in [9.17, 15) is 44.5 Å². The third-order valence-corrected chi connectivity index (χ3v) is 10.6. The van der Waals surface area contributed by atoms with Crippen LogP contribution in [0.3, 0.4) is 0 Å². The first-order valence-electron chi connectivity index (χ1n) is 15.7. The number of rotatable bonds is 6. The molecule has 2 saturated heterocycles. The Bertz CT molecular complexity index is 1990. The lowest BCUT2D eigenvalue weighted by molar-refractivity contribution is -0.392. The van der Waals surface area contributed by atoms with Gasteiger partial charge in [0, 0.05) is 32.1 Å². The number of carbonyl (C=O) groups excluding carboxylic acids is 4. The largest absolute Gasteiger partial charge is 0.508 e. The lowest BCUT2D eigenvalue weighted by atomic mass is 9.51. The van der Waals surface area contributed by atoms with Gasteiger partial charge in [0.2, 0.25) is 23.6 Å². The molecule has 7 rings (SSSR count). The molecule has 2 heterocycles. The highest BCUT2D eigenvalue weighted by Gasteiger charge is 2.67. The van der Waals surface area contributed by atoms with E-state index >= 15 is 0 Å². The van der Waals surface area contributed by atoms with Crippen LogP contribution in [-0.4, -0.2) is 52.7 Å². The SMILES string of the molecule is CN(C)c1c([N+](=O)[O-])cc(N2C(=O)C3CC=C4C(CC5C(=O)N(c6ccccc6)C(=O)C5(C)C4c4cccc(O)c4)C3C2=O)cc1[N+](=O)[O-]. The van der Waals surface area contributed by atoms with Crippen LogP contribution >= 0.6 is 0 Å². The fourth-order valence-corrected chi connectivity index (χ4v) is 8.63. The highest BCUT2D eigenvalue weighted by molar-refractivity contribution is 6.25. The van der Waals surface area contributed by atoms with Crippen molar-refractivity contribution in [2.45, 2.75) is 25.7 Å². The van der Waals surface area contributed by atoms with Crippen molar-refractivity contribution < 1.29 is 34.1 Å². The molecule has 14 nitrogen and oxygen atoms in total. The standard InChI is InChI=1S/C35H31N5O9/c1-35-25(32(43)38(34(35)45)19-9-5-4-6-10-19)17-24-22(29(35)18-8-7-11-21(41)14-18)12-13-23-28(24)33(44)37(31(23)42)20-15-26(39(46)47)30(36(2)3)27(16-20)40(48)49/h4-12,14-16,23-25,28-29,41H,13,17H2,1-3H3. The molecule has 4 amide bonds. The average molecular weight is 666 g/mol. The zero-order valence-electron chi connectivity index (χ0n) is 26.7. The van der Waals surface area contributed by atoms with Gasteiger partial charge in [0.25, 0.3) is 0 Å². The molecule has 0 spiro atoms. The summed E-state index contributed by atoms with van der Waals surface area (Å²) in [7, 11) is 2.83. The van der Waals surface area contributed by atoms with Crippen LogP contribution in [0.4, 0.5) is 28.4 Å². The number of carbonyl (C=O) groups is 4. The monoisotopic (exact) mass is 665 g/mol. The molecular weight excluding hydrogens is 634 g/mol. The van der Waals surface area contributed by atoms with E-state index in [1.807, 2.05) is 6.08 Å². The van der Waals surface area contributed by atoms with Crippen molar-refractivity contribution >= 4 is 52.1 Å². The third-order valence-electron chi connectivity index (χ3n) is 10.6. The van der Waals surface area contributed by atoms with Crippen LogP contribution in [0, 0.1) is 49.3 Å². The van der Waals surface area contributed by atoms with Crippen LogP contribution in [0.5, 0.6) is 5.75 Å². The Morgan fingerprint density at radius 2 is 1.47 bits per heavy atom. The van der Waals surface area contributed by atoms with Crippen molar-refractivity contribution in [1.29, 1.82) is 0 Å². The predicted octanol–water partition coefficient (Wildman–Crippen LogP) is 4.71. The number of nitrogens with zero attached hydrogens (tertiary/aromatic N) is 5. The van der Waals surface area contributed by atoms with E-state index in [4.69, 9.17) is 0 Å². The summed E-state index contributed by atoms with van der Waals surface area (Å²) in [6.45, 7) is 1.73. The minimum Gasteiger partial charge on any atom is -0.508 e. The summed E-state index contributed by atoms with van der Waals surface area (Å²) < 4.78 is 0. The van der Waals surface area contributed by atoms with Gasteiger partial charge in [-0.2, -0.15) is 0 Å². The molecule has 14 heteroatoms. The lowest BCUT2D eigenvalue weighted by Crippen LogP contribution is -2.48. The summed E-state index contributed by atoms with van der Waals surface area (Å²) in [5, 5.41) is 34.6. The molecule has 3 aromatic rings.